The monoisotopic (exact) mass is 509 g/mol. The zero-order valence-electron chi connectivity index (χ0n) is 21.3. The van der Waals surface area contributed by atoms with Gasteiger partial charge < -0.3 is 25.0 Å². The molecule has 7 heteroatoms. The lowest BCUT2D eigenvalue weighted by Crippen LogP contribution is -2.30. The molecular formula is C31H31N3O4. The smallest absolute Gasteiger partial charge is 0.258 e. The molecule has 0 fully saturated rings. The van der Waals surface area contributed by atoms with Crippen LogP contribution in [0.5, 0.6) is 11.5 Å². The maximum Gasteiger partial charge on any atom is 0.258 e. The van der Waals surface area contributed by atoms with Crippen molar-refractivity contribution >= 4 is 28.9 Å². The Hall–Kier alpha value is -4.78. The highest BCUT2D eigenvalue weighted by molar-refractivity contribution is 6.06. The summed E-state index contributed by atoms with van der Waals surface area (Å²) in [6.45, 7) is 3.46. The molecule has 194 valence electrons. The lowest BCUT2D eigenvalue weighted by molar-refractivity contribution is -0.114. The van der Waals surface area contributed by atoms with E-state index in [0.29, 0.717) is 36.8 Å². The number of hydrogen-bond acceptors (Lipinski definition) is 5. The number of hydrogen-bond donors (Lipinski definition) is 2. The molecule has 0 heterocycles. The van der Waals surface area contributed by atoms with Gasteiger partial charge in [0.05, 0.1) is 6.54 Å². The molecule has 7 nitrogen and oxygen atoms in total. The molecule has 0 bridgehead atoms. The van der Waals surface area contributed by atoms with Gasteiger partial charge in [-0.05, 0) is 79.7 Å². The average molecular weight is 510 g/mol. The van der Waals surface area contributed by atoms with E-state index in [1.807, 2.05) is 67.6 Å². The lowest BCUT2D eigenvalue weighted by atomic mass is 10.1. The normalized spacial score (nSPS) is 10.3. The van der Waals surface area contributed by atoms with Gasteiger partial charge in [0.2, 0.25) is 5.91 Å². The molecular weight excluding hydrogens is 478 g/mol. The molecule has 38 heavy (non-hydrogen) atoms. The third kappa shape index (κ3) is 7.61. The number of carbonyl (C=O) groups is 2. The van der Waals surface area contributed by atoms with E-state index in [9.17, 15) is 9.59 Å². The van der Waals surface area contributed by atoms with E-state index in [4.69, 9.17) is 9.47 Å². The van der Waals surface area contributed by atoms with E-state index in [1.165, 1.54) is 0 Å². The number of para-hydroxylation sites is 2. The highest BCUT2D eigenvalue weighted by atomic mass is 16.5. The standard InChI is InChI=1S/C31H31N3O4/c1-2-34(27-9-5-3-6-10-27)31(36)24-13-15-25(16-14-24)32-23-30(35)33-26-17-19-29(20-18-26)38-22-21-37-28-11-7-4-8-12-28/h3-20,32H,2,21-23H2,1H3,(H,33,35). The molecule has 0 unspecified atom stereocenters. The van der Waals surface area contributed by atoms with Crippen LogP contribution in [-0.4, -0.2) is 38.1 Å². The van der Waals surface area contributed by atoms with Crippen LogP contribution >= 0.6 is 0 Å². The summed E-state index contributed by atoms with van der Waals surface area (Å²) in [6.07, 6.45) is 0. The van der Waals surface area contributed by atoms with Gasteiger partial charge in [0.25, 0.3) is 5.91 Å². The first-order valence-electron chi connectivity index (χ1n) is 12.5. The summed E-state index contributed by atoms with van der Waals surface area (Å²) in [5, 5.41) is 5.95. The van der Waals surface area contributed by atoms with E-state index < -0.39 is 0 Å². The highest BCUT2D eigenvalue weighted by Crippen LogP contribution is 2.19. The predicted octanol–water partition coefficient (Wildman–Crippen LogP) is 5.86. The second-order valence-electron chi connectivity index (χ2n) is 8.40. The Morgan fingerprint density at radius 2 is 1.24 bits per heavy atom. The fraction of sp³-hybridized carbons (Fsp3) is 0.161. The summed E-state index contributed by atoms with van der Waals surface area (Å²) in [5.74, 6) is 1.25. The number of nitrogens with zero attached hydrogens (tertiary/aromatic N) is 1. The molecule has 0 saturated heterocycles. The quantitative estimate of drug-likeness (QED) is 0.234. The topological polar surface area (TPSA) is 79.9 Å². The van der Waals surface area contributed by atoms with Crippen molar-refractivity contribution in [1.29, 1.82) is 0 Å². The minimum atomic E-state index is -0.184. The van der Waals surface area contributed by atoms with Crippen molar-refractivity contribution in [3.05, 3.63) is 115 Å². The van der Waals surface area contributed by atoms with E-state index in [1.54, 1.807) is 53.4 Å². The number of rotatable bonds is 12. The summed E-state index contributed by atoms with van der Waals surface area (Å²) in [6, 6.07) is 33.5. The van der Waals surface area contributed by atoms with Gasteiger partial charge in [0.1, 0.15) is 24.7 Å². The van der Waals surface area contributed by atoms with E-state index in [2.05, 4.69) is 10.6 Å². The zero-order valence-corrected chi connectivity index (χ0v) is 21.3. The average Bonchev–Trinajstić information content (AvgIpc) is 2.97. The van der Waals surface area contributed by atoms with Crippen molar-refractivity contribution in [3.8, 4) is 11.5 Å². The van der Waals surface area contributed by atoms with Crippen LogP contribution in [-0.2, 0) is 4.79 Å². The molecule has 0 aliphatic heterocycles. The summed E-state index contributed by atoms with van der Waals surface area (Å²) >= 11 is 0. The lowest BCUT2D eigenvalue weighted by Gasteiger charge is -2.21. The van der Waals surface area contributed by atoms with E-state index in [-0.39, 0.29) is 18.4 Å². The van der Waals surface area contributed by atoms with Crippen LogP contribution < -0.4 is 25.0 Å². The number of ether oxygens (including phenoxy) is 2. The maximum atomic E-state index is 12.9. The minimum Gasteiger partial charge on any atom is -0.490 e. The predicted molar refractivity (Wildman–Crippen MR) is 151 cm³/mol. The Kier molecular flexibility index (Phi) is 9.34. The summed E-state index contributed by atoms with van der Waals surface area (Å²) in [5.41, 5.74) is 2.86. The highest BCUT2D eigenvalue weighted by Gasteiger charge is 2.15. The fourth-order valence-corrected chi connectivity index (χ4v) is 3.80. The molecule has 0 aliphatic carbocycles. The first kappa shape index (κ1) is 26.3. The SMILES string of the molecule is CCN(C(=O)c1ccc(NCC(=O)Nc2ccc(OCCOc3ccccc3)cc2)cc1)c1ccccc1. The third-order valence-corrected chi connectivity index (χ3v) is 5.72. The Bertz CT molecular complexity index is 1290. The number of nitrogens with one attached hydrogen (secondary N) is 2. The van der Waals surface area contributed by atoms with E-state index >= 15 is 0 Å². The van der Waals surface area contributed by atoms with Crippen molar-refractivity contribution in [1.82, 2.24) is 0 Å². The maximum absolute atomic E-state index is 12.9. The summed E-state index contributed by atoms with van der Waals surface area (Å²) in [4.78, 5) is 27.1. The fourth-order valence-electron chi connectivity index (χ4n) is 3.80. The molecule has 2 N–H and O–H groups in total. The van der Waals surface area contributed by atoms with Crippen molar-refractivity contribution in [2.24, 2.45) is 0 Å². The first-order chi connectivity index (χ1) is 18.6. The van der Waals surface area contributed by atoms with Crippen LogP contribution in [0.15, 0.2) is 109 Å². The number of amides is 2. The van der Waals surface area contributed by atoms with Crippen molar-refractivity contribution in [3.63, 3.8) is 0 Å². The summed E-state index contributed by atoms with van der Waals surface area (Å²) in [7, 11) is 0. The molecule has 0 saturated carbocycles. The number of anilines is 3. The Morgan fingerprint density at radius 3 is 1.84 bits per heavy atom. The molecule has 2 amide bonds. The first-order valence-corrected chi connectivity index (χ1v) is 12.5. The molecule has 0 atom stereocenters. The zero-order chi connectivity index (χ0) is 26.6. The minimum absolute atomic E-state index is 0.0702. The van der Waals surface area contributed by atoms with Gasteiger partial charge in [-0.2, -0.15) is 0 Å². The van der Waals surface area contributed by atoms with Crippen molar-refractivity contribution < 1.29 is 19.1 Å². The van der Waals surface area contributed by atoms with Crippen LogP contribution in [0.2, 0.25) is 0 Å². The van der Waals surface area contributed by atoms with Crippen LogP contribution in [0.25, 0.3) is 0 Å². The van der Waals surface area contributed by atoms with Gasteiger partial charge in [-0.3, -0.25) is 9.59 Å². The van der Waals surface area contributed by atoms with Gasteiger partial charge in [0.15, 0.2) is 0 Å². The van der Waals surface area contributed by atoms with Gasteiger partial charge in [0, 0.05) is 29.2 Å². The van der Waals surface area contributed by atoms with Crippen LogP contribution in [0.1, 0.15) is 17.3 Å². The van der Waals surface area contributed by atoms with Crippen molar-refractivity contribution in [2.75, 3.05) is 41.8 Å². The van der Waals surface area contributed by atoms with Gasteiger partial charge in [-0.25, -0.2) is 0 Å². The van der Waals surface area contributed by atoms with E-state index in [0.717, 1.165) is 17.1 Å². The molecule has 0 aliphatic rings. The second kappa shape index (κ2) is 13.5. The van der Waals surface area contributed by atoms with Crippen LogP contribution in [0, 0.1) is 0 Å². The molecule has 4 aromatic rings. The van der Waals surface area contributed by atoms with Crippen molar-refractivity contribution in [2.45, 2.75) is 6.92 Å². The molecule has 0 aromatic heterocycles. The van der Waals surface area contributed by atoms with Gasteiger partial charge in [-0.15, -0.1) is 0 Å². The second-order valence-corrected chi connectivity index (χ2v) is 8.40. The molecule has 0 radical (unpaired) electrons. The Labute approximate surface area is 223 Å². The van der Waals surface area contributed by atoms with Gasteiger partial charge >= 0.3 is 0 Å². The number of benzene rings is 4. The Morgan fingerprint density at radius 1 is 0.684 bits per heavy atom. The Balaban J connectivity index is 1.20. The molecule has 4 rings (SSSR count). The largest absolute Gasteiger partial charge is 0.490 e. The molecule has 4 aromatic carbocycles. The summed E-state index contributed by atoms with van der Waals surface area (Å²) < 4.78 is 11.3. The van der Waals surface area contributed by atoms with Gasteiger partial charge in [-0.1, -0.05) is 36.4 Å². The van der Waals surface area contributed by atoms with Crippen LogP contribution in [0.4, 0.5) is 17.1 Å². The number of carbonyl (C=O) groups excluding carboxylic acids is 2. The third-order valence-electron chi connectivity index (χ3n) is 5.72. The molecule has 0 spiro atoms. The van der Waals surface area contributed by atoms with Crippen LogP contribution in [0.3, 0.4) is 0 Å².